The molecule has 1 aliphatic rings. The Hall–Kier alpha value is -1.74. The molecule has 3 rings (SSSR count). The molecule has 1 amide bonds. The normalized spacial score (nSPS) is 16.7. The van der Waals surface area contributed by atoms with Gasteiger partial charge in [-0.1, -0.05) is 0 Å². The third kappa shape index (κ3) is 4.09. The minimum atomic E-state index is -3.47. The number of amides is 1. The van der Waals surface area contributed by atoms with E-state index in [0.717, 1.165) is 18.4 Å². The highest BCUT2D eigenvalue weighted by atomic mass is 32.2. The molecule has 0 bridgehead atoms. The van der Waals surface area contributed by atoms with Gasteiger partial charge in [0, 0.05) is 25.2 Å². The van der Waals surface area contributed by atoms with Crippen LogP contribution in [-0.2, 0) is 10.0 Å². The summed E-state index contributed by atoms with van der Waals surface area (Å²) >= 11 is 1.48. The number of nitrogens with zero attached hydrogens (tertiary/aromatic N) is 1. The molecule has 0 unspecified atom stereocenters. The zero-order valence-corrected chi connectivity index (χ0v) is 15.2. The molecule has 1 fully saturated rings. The van der Waals surface area contributed by atoms with Crippen molar-refractivity contribution in [1.29, 1.82) is 0 Å². The lowest BCUT2D eigenvalue weighted by Gasteiger charge is -2.15. The number of nitrogens with one attached hydrogen (secondary N) is 1. The van der Waals surface area contributed by atoms with Crippen molar-refractivity contribution in [2.75, 3.05) is 19.6 Å². The molecule has 1 aromatic heterocycles. The Bertz CT molecular complexity index is 811. The molecule has 1 saturated heterocycles. The van der Waals surface area contributed by atoms with E-state index in [1.807, 2.05) is 10.8 Å². The van der Waals surface area contributed by atoms with E-state index in [4.69, 9.17) is 0 Å². The van der Waals surface area contributed by atoms with Gasteiger partial charge >= 0.3 is 0 Å². The molecule has 134 valence electrons. The first-order chi connectivity index (χ1) is 12.0. The number of sulfonamides is 1. The Labute approximate surface area is 151 Å². The third-order valence-electron chi connectivity index (χ3n) is 4.20. The molecule has 6 nitrogen and oxygen atoms in total. The zero-order chi connectivity index (χ0) is 17.9. The Kier molecular flexibility index (Phi) is 5.53. The SMILES string of the molecule is O=C(NC[C@@H](O)c1ccsc1)c1ccc(S(=O)(=O)N2CCCC2)cc1. The molecule has 0 radical (unpaired) electrons. The van der Waals surface area contributed by atoms with Crippen LogP contribution in [-0.4, -0.2) is 43.4 Å². The van der Waals surface area contributed by atoms with Gasteiger partial charge < -0.3 is 10.4 Å². The second kappa shape index (κ2) is 7.65. The van der Waals surface area contributed by atoms with Crippen molar-refractivity contribution in [3.8, 4) is 0 Å². The summed E-state index contributed by atoms with van der Waals surface area (Å²) in [5.41, 5.74) is 1.12. The van der Waals surface area contributed by atoms with Crippen LogP contribution >= 0.6 is 11.3 Å². The van der Waals surface area contributed by atoms with Crippen molar-refractivity contribution in [3.63, 3.8) is 0 Å². The van der Waals surface area contributed by atoms with Gasteiger partial charge in [0.1, 0.15) is 0 Å². The Balaban J connectivity index is 1.62. The van der Waals surface area contributed by atoms with E-state index >= 15 is 0 Å². The van der Waals surface area contributed by atoms with E-state index in [1.165, 1.54) is 39.9 Å². The van der Waals surface area contributed by atoms with Crippen LogP contribution in [0.4, 0.5) is 0 Å². The molecule has 2 heterocycles. The molecule has 1 aromatic carbocycles. The predicted molar refractivity (Wildman–Crippen MR) is 96.0 cm³/mol. The highest BCUT2D eigenvalue weighted by Crippen LogP contribution is 2.21. The van der Waals surface area contributed by atoms with Crippen molar-refractivity contribution in [3.05, 3.63) is 52.2 Å². The fourth-order valence-electron chi connectivity index (χ4n) is 2.73. The van der Waals surface area contributed by atoms with Crippen LogP contribution < -0.4 is 5.32 Å². The van der Waals surface area contributed by atoms with Crippen LogP contribution in [0.3, 0.4) is 0 Å². The summed E-state index contributed by atoms with van der Waals surface area (Å²) in [6, 6.07) is 7.71. The van der Waals surface area contributed by atoms with Gasteiger partial charge in [0.25, 0.3) is 5.91 Å². The second-order valence-electron chi connectivity index (χ2n) is 5.92. The summed E-state index contributed by atoms with van der Waals surface area (Å²) in [7, 11) is -3.47. The number of thiophene rings is 1. The topological polar surface area (TPSA) is 86.7 Å². The van der Waals surface area contributed by atoms with E-state index in [2.05, 4.69) is 5.32 Å². The van der Waals surface area contributed by atoms with E-state index in [9.17, 15) is 18.3 Å². The van der Waals surface area contributed by atoms with E-state index in [1.54, 1.807) is 6.07 Å². The molecule has 25 heavy (non-hydrogen) atoms. The van der Waals surface area contributed by atoms with Gasteiger partial charge in [-0.3, -0.25) is 4.79 Å². The summed E-state index contributed by atoms with van der Waals surface area (Å²) in [5.74, 6) is -0.348. The van der Waals surface area contributed by atoms with Crippen molar-refractivity contribution in [1.82, 2.24) is 9.62 Å². The number of benzene rings is 1. The van der Waals surface area contributed by atoms with E-state index < -0.39 is 16.1 Å². The first-order valence-electron chi connectivity index (χ1n) is 8.07. The Morgan fingerprint density at radius 3 is 2.48 bits per heavy atom. The maximum absolute atomic E-state index is 12.5. The van der Waals surface area contributed by atoms with Crippen molar-refractivity contribution < 1.29 is 18.3 Å². The molecular formula is C17H20N2O4S2. The molecule has 2 N–H and O–H groups in total. The van der Waals surface area contributed by atoms with Gasteiger partial charge in [0.15, 0.2) is 0 Å². The van der Waals surface area contributed by atoms with Crippen molar-refractivity contribution in [2.45, 2.75) is 23.8 Å². The third-order valence-corrected chi connectivity index (χ3v) is 6.82. The fourth-order valence-corrected chi connectivity index (χ4v) is 4.95. The first kappa shape index (κ1) is 18.1. The number of rotatable bonds is 6. The quantitative estimate of drug-likeness (QED) is 0.802. The van der Waals surface area contributed by atoms with Crippen LogP contribution in [0, 0.1) is 0 Å². The van der Waals surface area contributed by atoms with Gasteiger partial charge in [-0.05, 0) is 59.5 Å². The number of aliphatic hydroxyl groups is 1. The fraction of sp³-hybridized carbons (Fsp3) is 0.353. The van der Waals surface area contributed by atoms with Crippen LogP contribution in [0.1, 0.15) is 34.9 Å². The smallest absolute Gasteiger partial charge is 0.251 e. The first-order valence-corrected chi connectivity index (χ1v) is 10.5. The number of hydrogen-bond acceptors (Lipinski definition) is 5. The Morgan fingerprint density at radius 1 is 1.20 bits per heavy atom. The standard InChI is InChI=1S/C17H20N2O4S2/c20-16(14-7-10-24-12-14)11-18-17(21)13-3-5-15(6-4-13)25(22,23)19-8-1-2-9-19/h3-7,10,12,16,20H,1-2,8-9,11H2,(H,18,21)/t16-/m1/s1. The monoisotopic (exact) mass is 380 g/mol. The lowest BCUT2D eigenvalue weighted by molar-refractivity contribution is 0.0916. The van der Waals surface area contributed by atoms with Crippen molar-refractivity contribution >= 4 is 27.3 Å². The lowest BCUT2D eigenvalue weighted by atomic mass is 10.2. The summed E-state index contributed by atoms with van der Waals surface area (Å²) in [4.78, 5) is 12.4. The maximum Gasteiger partial charge on any atom is 0.251 e. The number of carbonyl (C=O) groups is 1. The van der Waals surface area contributed by atoms with Gasteiger partial charge in [0.2, 0.25) is 10.0 Å². The average Bonchev–Trinajstić information content (AvgIpc) is 3.33. The second-order valence-corrected chi connectivity index (χ2v) is 8.64. The van der Waals surface area contributed by atoms with Gasteiger partial charge in [0.05, 0.1) is 11.0 Å². The summed E-state index contributed by atoms with van der Waals surface area (Å²) < 4.78 is 26.4. The van der Waals surface area contributed by atoms with E-state index in [-0.39, 0.29) is 17.3 Å². The number of carbonyl (C=O) groups excluding carboxylic acids is 1. The average molecular weight is 380 g/mol. The highest BCUT2D eigenvalue weighted by molar-refractivity contribution is 7.89. The molecular weight excluding hydrogens is 360 g/mol. The minimum absolute atomic E-state index is 0.101. The zero-order valence-electron chi connectivity index (χ0n) is 13.6. The molecule has 2 aromatic rings. The van der Waals surface area contributed by atoms with Crippen molar-refractivity contribution in [2.24, 2.45) is 0 Å². The minimum Gasteiger partial charge on any atom is -0.387 e. The molecule has 0 saturated carbocycles. The van der Waals surface area contributed by atoms with Crippen LogP contribution in [0.5, 0.6) is 0 Å². The van der Waals surface area contributed by atoms with Gasteiger partial charge in [-0.2, -0.15) is 15.6 Å². The van der Waals surface area contributed by atoms with Gasteiger partial charge in [-0.25, -0.2) is 8.42 Å². The number of aliphatic hydroxyl groups excluding tert-OH is 1. The summed E-state index contributed by atoms with van der Waals surface area (Å²) in [6.45, 7) is 1.19. The molecule has 1 aliphatic heterocycles. The highest BCUT2D eigenvalue weighted by Gasteiger charge is 2.27. The Morgan fingerprint density at radius 2 is 1.88 bits per heavy atom. The maximum atomic E-state index is 12.5. The van der Waals surface area contributed by atoms with Gasteiger partial charge in [-0.15, -0.1) is 0 Å². The van der Waals surface area contributed by atoms with E-state index in [0.29, 0.717) is 18.7 Å². The molecule has 0 aliphatic carbocycles. The van der Waals surface area contributed by atoms with Crippen LogP contribution in [0.15, 0.2) is 46.0 Å². The van der Waals surface area contributed by atoms with Crippen LogP contribution in [0.2, 0.25) is 0 Å². The molecule has 8 heteroatoms. The molecule has 0 spiro atoms. The lowest BCUT2D eigenvalue weighted by Crippen LogP contribution is -2.29. The summed E-state index contributed by atoms with van der Waals surface area (Å²) in [5, 5.41) is 16.3. The largest absolute Gasteiger partial charge is 0.387 e. The van der Waals surface area contributed by atoms with Crippen LogP contribution in [0.25, 0.3) is 0 Å². The molecule has 1 atom stereocenters. The summed E-state index contributed by atoms with van der Waals surface area (Å²) in [6.07, 6.45) is 1.00. The number of hydrogen-bond donors (Lipinski definition) is 2. The predicted octanol–water partition coefficient (Wildman–Crippen LogP) is 2.00.